The average molecular weight is 499 g/mol. The minimum absolute atomic E-state index is 0.208. The van der Waals surface area contributed by atoms with Crippen molar-refractivity contribution in [3.63, 3.8) is 0 Å². The molecule has 1 aliphatic rings. The van der Waals surface area contributed by atoms with E-state index in [1.165, 1.54) is 5.56 Å². The Morgan fingerprint density at radius 1 is 1.00 bits per heavy atom. The minimum atomic E-state index is -0.446. The molecule has 5 rings (SSSR count). The largest absolute Gasteiger partial charge is 0.334 e. The highest BCUT2D eigenvalue weighted by molar-refractivity contribution is 6.30. The zero-order valence-corrected chi connectivity index (χ0v) is 21.4. The topological polar surface area (TPSA) is 71.3 Å². The van der Waals surface area contributed by atoms with E-state index in [4.69, 9.17) is 21.1 Å². The molecule has 3 aromatic carbocycles. The van der Waals surface area contributed by atoms with Crippen LogP contribution in [0.5, 0.6) is 0 Å². The lowest BCUT2D eigenvalue weighted by molar-refractivity contribution is 0.244. The van der Waals surface area contributed by atoms with E-state index in [0.29, 0.717) is 16.7 Å². The number of benzene rings is 3. The summed E-state index contributed by atoms with van der Waals surface area (Å²) >= 11 is 6.18. The van der Waals surface area contributed by atoms with Crippen molar-refractivity contribution in [2.75, 3.05) is 4.90 Å². The molecule has 2 amide bonds. The summed E-state index contributed by atoms with van der Waals surface area (Å²) in [5, 5.41) is 7.99. The van der Waals surface area contributed by atoms with Crippen molar-refractivity contribution >= 4 is 28.9 Å². The van der Waals surface area contributed by atoms with Crippen molar-refractivity contribution in [3.8, 4) is 11.4 Å². The fourth-order valence-corrected chi connectivity index (χ4v) is 4.87. The average Bonchev–Trinajstić information content (AvgIpc) is 3.33. The number of carbonyl (C=O) groups excluding carboxylic acids is 1. The Morgan fingerprint density at radius 3 is 2.39 bits per heavy atom. The fraction of sp³-hybridized carbons (Fsp3) is 0.207. The van der Waals surface area contributed by atoms with Crippen LogP contribution in [0.3, 0.4) is 0 Å². The first-order valence-corrected chi connectivity index (χ1v) is 12.3. The summed E-state index contributed by atoms with van der Waals surface area (Å²) in [5.41, 5.74) is 7.34. The SMILES string of the molecule is CCc1ccc(C2NC(=O)N(c3cc(C)cc(C)c3)C(C)=C2c2nc(-c3cccc(Cl)c3)no2)cc1. The molecular weight excluding hydrogens is 472 g/mol. The number of carbonyl (C=O) groups is 1. The molecule has 1 N–H and O–H groups in total. The van der Waals surface area contributed by atoms with Gasteiger partial charge in [-0.25, -0.2) is 4.79 Å². The Morgan fingerprint density at radius 2 is 1.72 bits per heavy atom. The van der Waals surface area contributed by atoms with Crippen molar-refractivity contribution in [1.82, 2.24) is 15.5 Å². The third-order valence-electron chi connectivity index (χ3n) is 6.41. The lowest BCUT2D eigenvalue weighted by Crippen LogP contribution is -2.46. The highest BCUT2D eigenvalue weighted by Gasteiger charge is 2.36. The zero-order valence-electron chi connectivity index (χ0n) is 20.7. The highest BCUT2D eigenvalue weighted by atomic mass is 35.5. The number of allylic oxidation sites excluding steroid dienone is 1. The maximum absolute atomic E-state index is 13.5. The van der Waals surface area contributed by atoms with Crippen LogP contribution < -0.4 is 10.2 Å². The monoisotopic (exact) mass is 498 g/mol. The van der Waals surface area contributed by atoms with Crippen molar-refractivity contribution in [3.05, 3.63) is 106 Å². The highest BCUT2D eigenvalue weighted by Crippen LogP contribution is 2.39. The summed E-state index contributed by atoms with van der Waals surface area (Å²) < 4.78 is 5.79. The predicted octanol–water partition coefficient (Wildman–Crippen LogP) is 7.27. The molecule has 1 aromatic heterocycles. The van der Waals surface area contributed by atoms with Crippen LogP contribution >= 0.6 is 11.6 Å². The molecule has 1 unspecified atom stereocenters. The molecule has 7 heteroatoms. The van der Waals surface area contributed by atoms with Gasteiger partial charge in [-0.05, 0) is 73.7 Å². The Labute approximate surface area is 215 Å². The quantitative estimate of drug-likeness (QED) is 0.314. The fourth-order valence-electron chi connectivity index (χ4n) is 4.68. The zero-order chi connectivity index (χ0) is 25.4. The van der Waals surface area contributed by atoms with Gasteiger partial charge in [0, 0.05) is 16.3 Å². The third-order valence-corrected chi connectivity index (χ3v) is 6.65. The summed E-state index contributed by atoms with van der Waals surface area (Å²) in [6, 6.07) is 21.0. The lowest BCUT2D eigenvalue weighted by Gasteiger charge is -2.35. The molecule has 4 aromatic rings. The third kappa shape index (κ3) is 4.52. The van der Waals surface area contributed by atoms with Crippen LogP contribution in [-0.2, 0) is 6.42 Å². The van der Waals surface area contributed by atoms with Gasteiger partial charge in [0.2, 0.25) is 5.82 Å². The molecule has 2 heterocycles. The van der Waals surface area contributed by atoms with E-state index in [9.17, 15) is 4.79 Å². The number of nitrogens with one attached hydrogen (secondary N) is 1. The number of halogens is 1. The first-order chi connectivity index (χ1) is 17.3. The van der Waals surface area contributed by atoms with Gasteiger partial charge in [-0.15, -0.1) is 0 Å². The second-order valence-electron chi connectivity index (χ2n) is 9.09. The Kier molecular flexibility index (Phi) is 6.37. The summed E-state index contributed by atoms with van der Waals surface area (Å²) in [6.07, 6.45) is 0.937. The summed E-state index contributed by atoms with van der Waals surface area (Å²) in [5.74, 6) is 0.782. The van der Waals surface area contributed by atoms with Crippen LogP contribution in [0.15, 0.2) is 77.0 Å². The van der Waals surface area contributed by atoms with Crippen molar-refractivity contribution in [2.45, 2.75) is 40.2 Å². The van der Waals surface area contributed by atoms with Crippen LogP contribution in [0, 0.1) is 13.8 Å². The van der Waals surface area contributed by atoms with Gasteiger partial charge in [0.15, 0.2) is 0 Å². The van der Waals surface area contributed by atoms with Crippen LogP contribution in [0.2, 0.25) is 5.02 Å². The Balaban J connectivity index is 1.66. The number of hydrogen-bond acceptors (Lipinski definition) is 4. The molecule has 0 bridgehead atoms. The van der Waals surface area contributed by atoms with E-state index in [1.807, 2.05) is 57.2 Å². The van der Waals surface area contributed by atoms with Gasteiger partial charge in [-0.1, -0.05) is 66.1 Å². The smallest absolute Gasteiger partial charge is 0.326 e. The van der Waals surface area contributed by atoms with Crippen LogP contribution in [0.25, 0.3) is 17.0 Å². The van der Waals surface area contributed by atoms with Gasteiger partial charge in [0.05, 0.1) is 17.3 Å². The van der Waals surface area contributed by atoms with Gasteiger partial charge in [0.25, 0.3) is 5.89 Å². The standard InChI is InChI=1S/C29H27ClN4O2/c1-5-20-9-11-21(12-10-20)26-25(28-32-27(33-36-28)22-7-6-8-23(30)16-22)19(4)34(29(35)31-26)24-14-17(2)13-18(3)15-24/h6-16,26H,5H2,1-4H3,(H,31,35). The van der Waals surface area contributed by atoms with Crippen LogP contribution in [0.1, 0.15) is 48.0 Å². The molecule has 0 radical (unpaired) electrons. The lowest BCUT2D eigenvalue weighted by atomic mass is 9.93. The molecule has 0 aliphatic carbocycles. The number of anilines is 1. The van der Waals surface area contributed by atoms with Crippen LogP contribution in [0.4, 0.5) is 10.5 Å². The Bertz CT molecular complexity index is 1450. The number of hydrogen-bond donors (Lipinski definition) is 1. The summed E-state index contributed by atoms with van der Waals surface area (Å²) in [7, 11) is 0. The van der Waals surface area contributed by atoms with Crippen LogP contribution in [-0.4, -0.2) is 16.2 Å². The molecule has 1 aliphatic heterocycles. The predicted molar refractivity (Wildman–Crippen MR) is 143 cm³/mol. The van der Waals surface area contributed by atoms with E-state index in [2.05, 4.69) is 35.6 Å². The van der Waals surface area contributed by atoms with Gasteiger partial charge >= 0.3 is 6.03 Å². The molecule has 0 spiro atoms. The number of urea groups is 1. The molecule has 182 valence electrons. The number of aromatic nitrogens is 2. The number of aryl methyl sites for hydroxylation is 3. The van der Waals surface area contributed by atoms with Gasteiger partial charge < -0.3 is 9.84 Å². The molecule has 0 fully saturated rings. The van der Waals surface area contributed by atoms with Crippen molar-refractivity contribution in [2.24, 2.45) is 0 Å². The van der Waals surface area contributed by atoms with Crippen molar-refractivity contribution < 1.29 is 9.32 Å². The maximum Gasteiger partial charge on any atom is 0.326 e. The molecule has 1 atom stereocenters. The molecule has 0 saturated heterocycles. The van der Waals surface area contributed by atoms with Gasteiger partial charge in [-0.2, -0.15) is 4.98 Å². The number of rotatable bonds is 5. The van der Waals surface area contributed by atoms with E-state index in [1.54, 1.807) is 17.0 Å². The molecule has 36 heavy (non-hydrogen) atoms. The van der Waals surface area contributed by atoms with Gasteiger partial charge in [-0.3, -0.25) is 4.90 Å². The summed E-state index contributed by atoms with van der Waals surface area (Å²) in [4.78, 5) is 19.9. The van der Waals surface area contributed by atoms with Gasteiger partial charge in [0.1, 0.15) is 0 Å². The second-order valence-corrected chi connectivity index (χ2v) is 9.53. The Hall–Kier alpha value is -3.90. The van der Waals surface area contributed by atoms with E-state index in [-0.39, 0.29) is 6.03 Å². The maximum atomic E-state index is 13.5. The second kappa shape index (κ2) is 9.63. The first-order valence-electron chi connectivity index (χ1n) is 11.9. The number of amides is 2. The first kappa shape index (κ1) is 23.8. The molecular formula is C29H27ClN4O2. The molecule has 0 saturated carbocycles. The van der Waals surface area contributed by atoms with E-state index >= 15 is 0 Å². The summed E-state index contributed by atoms with van der Waals surface area (Å²) in [6.45, 7) is 8.07. The molecule has 6 nitrogen and oxygen atoms in total. The minimum Gasteiger partial charge on any atom is -0.334 e. The van der Waals surface area contributed by atoms with E-state index < -0.39 is 6.04 Å². The normalized spacial score (nSPS) is 15.9. The van der Waals surface area contributed by atoms with E-state index in [0.717, 1.165) is 45.6 Å². The van der Waals surface area contributed by atoms with Crippen molar-refractivity contribution in [1.29, 1.82) is 0 Å². The number of nitrogens with zero attached hydrogens (tertiary/aromatic N) is 3.